The minimum atomic E-state index is -2.13. The number of esters is 1. The summed E-state index contributed by atoms with van der Waals surface area (Å²) in [5, 5.41) is 10.8. The second kappa shape index (κ2) is 6.72. The molecule has 22 heavy (non-hydrogen) atoms. The van der Waals surface area contributed by atoms with Crippen LogP contribution in [-0.4, -0.2) is 29.2 Å². The average Bonchev–Trinajstić information content (AvgIpc) is 2.36. The second-order valence-electron chi connectivity index (χ2n) is 6.17. The van der Waals surface area contributed by atoms with E-state index in [0.29, 0.717) is 16.8 Å². The van der Waals surface area contributed by atoms with Gasteiger partial charge in [-0.25, -0.2) is 9.18 Å². The molecular formula is C15H21FN2O4. The van der Waals surface area contributed by atoms with Gasteiger partial charge in [0.05, 0.1) is 5.92 Å². The van der Waals surface area contributed by atoms with Gasteiger partial charge in [-0.05, 0) is 51.0 Å². The number of rotatable bonds is 5. The molecule has 7 heteroatoms. The van der Waals surface area contributed by atoms with Crippen molar-refractivity contribution in [3.05, 3.63) is 39.4 Å². The van der Waals surface area contributed by atoms with Crippen molar-refractivity contribution in [3.63, 3.8) is 0 Å². The van der Waals surface area contributed by atoms with E-state index < -0.39 is 35.1 Å². The van der Waals surface area contributed by atoms with Gasteiger partial charge < -0.3 is 10.5 Å². The Morgan fingerprint density at radius 2 is 2.05 bits per heavy atom. The van der Waals surface area contributed by atoms with Crippen molar-refractivity contribution in [2.45, 2.75) is 45.4 Å². The minimum Gasteiger partial charge on any atom is -0.458 e. The number of hydrogen-bond acceptors (Lipinski definition) is 5. The first-order valence-electron chi connectivity index (χ1n) is 6.86. The Hall–Kier alpha value is -2.18. The van der Waals surface area contributed by atoms with E-state index >= 15 is 0 Å². The zero-order valence-electron chi connectivity index (χ0n) is 13.1. The summed E-state index contributed by atoms with van der Waals surface area (Å²) in [6.07, 6.45) is -2.13. The molecule has 0 saturated heterocycles. The van der Waals surface area contributed by atoms with Crippen LogP contribution in [0.2, 0.25) is 0 Å². The van der Waals surface area contributed by atoms with Gasteiger partial charge in [0.15, 0.2) is 0 Å². The summed E-state index contributed by atoms with van der Waals surface area (Å²) in [5.74, 6) is -2.35. The van der Waals surface area contributed by atoms with Gasteiger partial charge in [-0.15, -0.1) is 0 Å². The van der Waals surface area contributed by atoms with Crippen molar-refractivity contribution in [3.8, 4) is 0 Å². The van der Waals surface area contributed by atoms with E-state index in [2.05, 4.69) is 0 Å². The molecule has 6 nitrogen and oxygen atoms in total. The molecule has 0 aromatic heterocycles. The van der Waals surface area contributed by atoms with Crippen LogP contribution in [0.1, 0.15) is 37.8 Å². The van der Waals surface area contributed by atoms with Crippen LogP contribution in [-0.2, 0) is 9.53 Å². The Balaban J connectivity index is 3.14. The van der Waals surface area contributed by atoms with Crippen molar-refractivity contribution in [1.29, 1.82) is 0 Å². The van der Waals surface area contributed by atoms with Crippen molar-refractivity contribution >= 4 is 11.7 Å². The summed E-state index contributed by atoms with van der Waals surface area (Å²) >= 11 is 0. The van der Waals surface area contributed by atoms with E-state index in [0.717, 1.165) is 0 Å². The Morgan fingerprint density at radius 1 is 1.45 bits per heavy atom. The lowest BCUT2D eigenvalue weighted by atomic mass is 9.90. The molecule has 2 atom stereocenters. The molecule has 0 aliphatic heterocycles. The number of aryl methyl sites for hydroxylation is 1. The fraction of sp³-hybridized carbons (Fsp3) is 0.533. The number of nitro groups is 1. The summed E-state index contributed by atoms with van der Waals surface area (Å²) < 4.78 is 19.5. The zero-order valence-corrected chi connectivity index (χ0v) is 13.1. The molecule has 0 aliphatic carbocycles. The highest BCUT2D eigenvalue weighted by atomic mass is 19.1. The van der Waals surface area contributed by atoms with Crippen molar-refractivity contribution in [2.24, 2.45) is 0 Å². The topological polar surface area (TPSA) is 95.5 Å². The Morgan fingerprint density at radius 3 is 2.55 bits per heavy atom. The van der Waals surface area contributed by atoms with E-state index in [-0.39, 0.29) is 0 Å². The number of nitrogens with zero attached hydrogens (tertiary/aromatic N) is 1. The highest BCUT2D eigenvalue weighted by Gasteiger charge is 2.37. The molecule has 122 valence electrons. The SMILES string of the molecule is Cc1ccc(N)cc1C(C[N+](=O)[O-])C(F)C(=O)OC(C)(C)C. The maximum atomic E-state index is 14.5. The van der Waals surface area contributed by atoms with E-state index in [1.165, 1.54) is 6.07 Å². The average molecular weight is 312 g/mol. The van der Waals surface area contributed by atoms with Crippen LogP contribution >= 0.6 is 0 Å². The molecule has 0 fully saturated rings. The molecule has 1 rings (SSSR count). The molecule has 0 heterocycles. The number of anilines is 1. The zero-order chi connectivity index (χ0) is 17.1. The normalized spacial score (nSPS) is 14.2. The van der Waals surface area contributed by atoms with Gasteiger partial charge in [0, 0.05) is 10.6 Å². The fourth-order valence-corrected chi connectivity index (χ4v) is 2.09. The quantitative estimate of drug-likeness (QED) is 0.390. The van der Waals surface area contributed by atoms with Gasteiger partial charge in [0.25, 0.3) is 0 Å². The maximum absolute atomic E-state index is 14.5. The van der Waals surface area contributed by atoms with Crippen molar-refractivity contribution < 1.29 is 18.8 Å². The molecule has 1 aromatic rings. The van der Waals surface area contributed by atoms with Crippen LogP contribution in [0.5, 0.6) is 0 Å². The van der Waals surface area contributed by atoms with E-state index in [4.69, 9.17) is 10.5 Å². The van der Waals surface area contributed by atoms with E-state index in [1.807, 2.05) is 0 Å². The first-order valence-corrected chi connectivity index (χ1v) is 6.86. The standard InChI is InChI=1S/C15H21FN2O4/c1-9-5-6-10(17)7-11(9)12(8-18(20)21)13(16)14(19)22-15(2,3)4/h5-7,12-13H,8,17H2,1-4H3. The highest BCUT2D eigenvalue weighted by molar-refractivity contribution is 5.76. The first-order chi connectivity index (χ1) is 10.0. The largest absolute Gasteiger partial charge is 0.458 e. The number of carbonyl (C=O) groups is 1. The predicted octanol–water partition coefficient (Wildman–Crippen LogP) is 2.62. The van der Waals surface area contributed by atoms with Crippen LogP contribution in [0, 0.1) is 17.0 Å². The van der Waals surface area contributed by atoms with Crippen molar-refractivity contribution in [2.75, 3.05) is 12.3 Å². The summed E-state index contributed by atoms with van der Waals surface area (Å²) in [5.41, 5.74) is 6.12. The summed E-state index contributed by atoms with van der Waals surface area (Å²) in [6, 6.07) is 4.71. The number of ether oxygens (including phenoxy) is 1. The third-order valence-corrected chi connectivity index (χ3v) is 3.03. The molecule has 0 bridgehead atoms. The van der Waals surface area contributed by atoms with Gasteiger partial charge in [0.2, 0.25) is 12.7 Å². The molecule has 1 aromatic carbocycles. The van der Waals surface area contributed by atoms with Crippen LogP contribution in [0.3, 0.4) is 0 Å². The van der Waals surface area contributed by atoms with Gasteiger partial charge in [-0.1, -0.05) is 6.07 Å². The lowest BCUT2D eigenvalue weighted by molar-refractivity contribution is -0.484. The monoisotopic (exact) mass is 312 g/mol. The smallest absolute Gasteiger partial charge is 0.342 e. The predicted molar refractivity (Wildman–Crippen MR) is 80.9 cm³/mol. The third kappa shape index (κ3) is 4.98. The number of hydrogen-bond donors (Lipinski definition) is 1. The number of halogens is 1. The van der Waals surface area contributed by atoms with E-state index in [1.54, 1.807) is 39.8 Å². The summed E-state index contributed by atoms with van der Waals surface area (Å²) in [4.78, 5) is 22.1. The molecule has 0 aliphatic rings. The molecule has 0 radical (unpaired) electrons. The van der Waals surface area contributed by atoms with Crippen molar-refractivity contribution in [1.82, 2.24) is 0 Å². The molecular weight excluding hydrogens is 291 g/mol. The second-order valence-corrected chi connectivity index (χ2v) is 6.17. The number of alkyl halides is 1. The third-order valence-electron chi connectivity index (χ3n) is 3.03. The first kappa shape index (κ1) is 17.9. The molecule has 2 unspecified atom stereocenters. The number of benzene rings is 1. The van der Waals surface area contributed by atoms with Gasteiger partial charge in [-0.3, -0.25) is 10.1 Å². The number of carbonyl (C=O) groups excluding carboxylic acids is 1. The fourth-order valence-electron chi connectivity index (χ4n) is 2.09. The lowest BCUT2D eigenvalue weighted by Gasteiger charge is -2.24. The van der Waals surface area contributed by atoms with Crippen LogP contribution in [0.15, 0.2) is 18.2 Å². The highest BCUT2D eigenvalue weighted by Crippen LogP contribution is 2.29. The molecule has 0 amide bonds. The van der Waals surface area contributed by atoms with Crippen LogP contribution < -0.4 is 5.73 Å². The summed E-state index contributed by atoms with van der Waals surface area (Å²) in [7, 11) is 0. The Labute approximate surface area is 128 Å². The van der Waals surface area contributed by atoms with Gasteiger partial charge in [0.1, 0.15) is 5.60 Å². The van der Waals surface area contributed by atoms with Crippen LogP contribution in [0.25, 0.3) is 0 Å². The van der Waals surface area contributed by atoms with Gasteiger partial charge >= 0.3 is 5.97 Å². The molecule has 2 N–H and O–H groups in total. The Bertz CT molecular complexity index is 569. The maximum Gasteiger partial charge on any atom is 0.342 e. The van der Waals surface area contributed by atoms with Crippen LogP contribution in [0.4, 0.5) is 10.1 Å². The number of nitrogen functional groups attached to an aromatic ring is 1. The lowest BCUT2D eigenvalue weighted by Crippen LogP contribution is -2.35. The summed E-state index contributed by atoms with van der Waals surface area (Å²) in [6.45, 7) is 5.78. The molecule has 0 spiro atoms. The Kier molecular flexibility index (Phi) is 5.46. The minimum absolute atomic E-state index is 0.343. The van der Waals surface area contributed by atoms with Gasteiger partial charge in [-0.2, -0.15) is 0 Å². The number of nitrogens with two attached hydrogens (primary N) is 1. The molecule has 0 saturated carbocycles. The van der Waals surface area contributed by atoms with E-state index in [9.17, 15) is 19.3 Å².